The smallest absolute Gasteiger partial charge is 0.404 e. The van der Waals surface area contributed by atoms with Crippen LogP contribution in [0.15, 0.2) is 35.6 Å². The van der Waals surface area contributed by atoms with Crippen LogP contribution in [0.5, 0.6) is 5.75 Å². The Hall–Kier alpha value is -3.10. The van der Waals surface area contributed by atoms with E-state index in [-0.39, 0.29) is 45.1 Å². The molecular formula is C25H29ClF3N7O3S. The summed E-state index contributed by atoms with van der Waals surface area (Å²) in [5.74, 6) is -0.315. The van der Waals surface area contributed by atoms with E-state index in [2.05, 4.69) is 35.8 Å². The van der Waals surface area contributed by atoms with Crippen LogP contribution in [0.25, 0.3) is 0 Å². The maximum atomic E-state index is 13.3. The number of benzene rings is 1. The number of hydrogen-bond acceptors (Lipinski definition) is 9. The molecule has 0 bridgehead atoms. The fraction of sp³-hybridized carbons (Fsp3) is 0.480. The van der Waals surface area contributed by atoms with Gasteiger partial charge in [-0.15, -0.1) is 13.2 Å². The Balaban J connectivity index is 1.44. The predicted molar refractivity (Wildman–Crippen MR) is 144 cm³/mol. The Morgan fingerprint density at radius 3 is 2.50 bits per heavy atom. The van der Waals surface area contributed by atoms with Crippen molar-refractivity contribution in [2.24, 2.45) is 0 Å². The third kappa shape index (κ3) is 6.44. The zero-order chi connectivity index (χ0) is 28.7. The number of piperidine rings is 1. The van der Waals surface area contributed by atoms with Crippen molar-refractivity contribution in [3.8, 4) is 5.75 Å². The van der Waals surface area contributed by atoms with E-state index in [0.29, 0.717) is 0 Å². The predicted octanol–water partition coefficient (Wildman–Crippen LogP) is 5.70. The number of aromatic nitrogens is 4. The van der Waals surface area contributed by atoms with Gasteiger partial charge in [-0.2, -0.15) is 10.1 Å². The molecule has 2 aliphatic rings. The lowest BCUT2D eigenvalue weighted by Gasteiger charge is -2.24. The number of sulfone groups is 1. The van der Waals surface area contributed by atoms with Gasteiger partial charge in [0.1, 0.15) is 5.02 Å². The first kappa shape index (κ1) is 28.4. The van der Waals surface area contributed by atoms with E-state index in [9.17, 15) is 21.6 Å². The zero-order valence-corrected chi connectivity index (χ0v) is 23.4. The number of hydrogen-bond donors (Lipinski definition) is 3. The summed E-state index contributed by atoms with van der Waals surface area (Å²) in [6.07, 6.45) is 1.34. The third-order valence-electron chi connectivity index (χ3n) is 6.79. The van der Waals surface area contributed by atoms with E-state index < -0.39 is 27.2 Å². The molecule has 216 valence electrons. The highest BCUT2D eigenvalue weighted by molar-refractivity contribution is 7.92. The first-order chi connectivity index (χ1) is 18.9. The molecule has 0 unspecified atom stereocenters. The van der Waals surface area contributed by atoms with Crippen LogP contribution in [0, 0.1) is 0 Å². The number of nitrogens with one attached hydrogen (secondary N) is 3. The average molecular weight is 600 g/mol. The molecule has 1 saturated carbocycles. The molecular weight excluding hydrogens is 571 g/mol. The van der Waals surface area contributed by atoms with Gasteiger partial charge in [0.05, 0.1) is 35.1 Å². The molecule has 1 aliphatic carbocycles. The summed E-state index contributed by atoms with van der Waals surface area (Å²) in [7, 11) is -3.74. The highest BCUT2D eigenvalue weighted by Gasteiger charge is 2.34. The van der Waals surface area contributed by atoms with Crippen LogP contribution in [-0.4, -0.2) is 52.9 Å². The Labute approximate surface area is 234 Å². The number of nitrogens with zero attached hydrogens (tertiary/aromatic N) is 4. The van der Waals surface area contributed by atoms with E-state index >= 15 is 0 Å². The molecule has 15 heteroatoms. The SMILES string of the molecule is CC(C)S(=O)(=O)c1nn(C2CC2)cc1Nc1nc(Nc2ccc(C3CCNCC3)cc2OC(F)(F)F)ncc1Cl. The van der Waals surface area contributed by atoms with E-state index in [0.717, 1.165) is 44.3 Å². The van der Waals surface area contributed by atoms with Crippen molar-refractivity contribution in [1.29, 1.82) is 0 Å². The monoisotopic (exact) mass is 599 g/mol. The van der Waals surface area contributed by atoms with Crippen molar-refractivity contribution in [2.75, 3.05) is 23.7 Å². The summed E-state index contributed by atoms with van der Waals surface area (Å²) in [5, 5.41) is 12.5. The molecule has 0 amide bonds. The van der Waals surface area contributed by atoms with E-state index in [1.54, 1.807) is 30.8 Å². The molecule has 3 heterocycles. The van der Waals surface area contributed by atoms with Gasteiger partial charge in [0.15, 0.2) is 11.6 Å². The maximum Gasteiger partial charge on any atom is 0.573 e. The fourth-order valence-corrected chi connectivity index (χ4v) is 5.65. The summed E-state index contributed by atoms with van der Waals surface area (Å²) in [6.45, 7) is 4.69. The highest BCUT2D eigenvalue weighted by Crippen LogP contribution is 2.39. The van der Waals surface area contributed by atoms with Gasteiger partial charge in [-0.05, 0) is 76.2 Å². The van der Waals surface area contributed by atoms with Crippen LogP contribution in [0.2, 0.25) is 5.02 Å². The summed E-state index contributed by atoms with van der Waals surface area (Å²) in [4.78, 5) is 8.40. The number of alkyl halides is 3. The molecule has 1 aromatic carbocycles. The number of anilines is 4. The van der Waals surface area contributed by atoms with E-state index in [1.807, 2.05) is 0 Å². The molecule has 3 aromatic rings. The molecule has 0 atom stereocenters. The van der Waals surface area contributed by atoms with Crippen molar-refractivity contribution < 1.29 is 26.3 Å². The third-order valence-corrected chi connectivity index (χ3v) is 9.15. The molecule has 1 aliphatic heterocycles. The van der Waals surface area contributed by atoms with Gasteiger partial charge in [0, 0.05) is 0 Å². The van der Waals surface area contributed by atoms with Gasteiger partial charge in [0.25, 0.3) is 0 Å². The average Bonchev–Trinajstić information content (AvgIpc) is 3.66. The molecule has 10 nitrogen and oxygen atoms in total. The minimum absolute atomic E-state index is 0.00732. The second-order valence-corrected chi connectivity index (χ2v) is 12.9. The lowest BCUT2D eigenvalue weighted by molar-refractivity contribution is -0.274. The summed E-state index contributed by atoms with van der Waals surface area (Å²) in [5.41, 5.74) is 0.949. The van der Waals surface area contributed by atoms with Crippen molar-refractivity contribution in [2.45, 2.75) is 68.1 Å². The first-order valence-corrected chi connectivity index (χ1v) is 14.8. The highest BCUT2D eigenvalue weighted by atomic mass is 35.5. The quantitative estimate of drug-likeness (QED) is 0.284. The minimum Gasteiger partial charge on any atom is -0.404 e. The van der Waals surface area contributed by atoms with Crippen molar-refractivity contribution in [3.63, 3.8) is 0 Å². The Morgan fingerprint density at radius 2 is 1.85 bits per heavy atom. The van der Waals surface area contributed by atoms with Crippen LogP contribution in [-0.2, 0) is 9.84 Å². The van der Waals surface area contributed by atoms with Crippen molar-refractivity contribution in [3.05, 3.63) is 41.2 Å². The normalized spacial score (nSPS) is 16.8. The Morgan fingerprint density at radius 1 is 1.12 bits per heavy atom. The summed E-state index contributed by atoms with van der Waals surface area (Å²) < 4.78 is 71.7. The molecule has 2 aromatic heterocycles. The zero-order valence-electron chi connectivity index (χ0n) is 21.8. The first-order valence-electron chi connectivity index (χ1n) is 12.9. The van der Waals surface area contributed by atoms with Gasteiger partial charge >= 0.3 is 6.36 Å². The molecule has 1 saturated heterocycles. The van der Waals surface area contributed by atoms with Gasteiger partial charge in [-0.3, -0.25) is 4.68 Å². The topological polar surface area (TPSA) is 123 Å². The fourth-order valence-electron chi connectivity index (χ4n) is 4.44. The summed E-state index contributed by atoms with van der Waals surface area (Å²) in [6, 6.07) is 4.76. The van der Waals surface area contributed by atoms with E-state index in [1.165, 1.54) is 18.3 Å². The molecule has 40 heavy (non-hydrogen) atoms. The molecule has 0 radical (unpaired) electrons. The Bertz CT molecular complexity index is 1490. The molecule has 5 rings (SSSR count). The lowest BCUT2D eigenvalue weighted by Crippen LogP contribution is -2.26. The standard InChI is InChI=1S/C25H29ClF3N7O3S/c1-14(2)40(37,38)23-20(13-36(35-23)17-4-5-17)32-22-18(26)12-31-24(34-22)33-19-6-3-16(15-7-9-30-10-8-15)11-21(19)39-25(27,28)29/h3,6,11-15,17,30H,4-5,7-10H2,1-2H3,(H2,31,32,33,34). The van der Waals surface area contributed by atoms with Crippen LogP contribution < -0.4 is 20.7 Å². The van der Waals surface area contributed by atoms with Crippen LogP contribution >= 0.6 is 11.6 Å². The van der Waals surface area contributed by atoms with Gasteiger partial charge in [0.2, 0.25) is 20.8 Å². The van der Waals surface area contributed by atoms with Crippen LogP contribution in [0.3, 0.4) is 0 Å². The largest absolute Gasteiger partial charge is 0.573 e. The minimum atomic E-state index is -4.91. The van der Waals surface area contributed by atoms with Gasteiger partial charge < -0.3 is 20.7 Å². The second-order valence-electron chi connectivity index (χ2n) is 10.1. The Kier molecular flexibility index (Phi) is 7.86. The molecule has 3 N–H and O–H groups in total. The van der Waals surface area contributed by atoms with Gasteiger partial charge in [-0.1, -0.05) is 17.7 Å². The number of halogens is 4. The molecule has 2 fully saturated rings. The second kappa shape index (κ2) is 11.1. The van der Waals surface area contributed by atoms with Crippen molar-refractivity contribution in [1.82, 2.24) is 25.1 Å². The maximum absolute atomic E-state index is 13.3. The van der Waals surface area contributed by atoms with Gasteiger partial charge in [-0.25, -0.2) is 13.4 Å². The van der Waals surface area contributed by atoms with E-state index in [4.69, 9.17) is 11.6 Å². The van der Waals surface area contributed by atoms with Crippen LogP contribution in [0.1, 0.15) is 57.1 Å². The van der Waals surface area contributed by atoms with Crippen LogP contribution in [0.4, 0.5) is 36.3 Å². The molecule has 0 spiro atoms. The number of rotatable bonds is 9. The van der Waals surface area contributed by atoms with Crippen molar-refractivity contribution >= 4 is 44.6 Å². The summed E-state index contributed by atoms with van der Waals surface area (Å²) >= 11 is 6.31. The lowest BCUT2D eigenvalue weighted by atomic mass is 9.90. The number of ether oxygens (including phenoxy) is 1.